The van der Waals surface area contributed by atoms with E-state index in [1.807, 2.05) is 42.1 Å². The summed E-state index contributed by atoms with van der Waals surface area (Å²) >= 11 is 0. The molecule has 1 aromatic carbocycles. The molecule has 7 nitrogen and oxygen atoms in total. The van der Waals surface area contributed by atoms with Crippen molar-refractivity contribution in [3.8, 4) is 0 Å². The molecule has 0 aliphatic carbocycles. The maximum Gasteiger partial charge on any atom is 0.248 e. The Balaban J connectivity index is 1.62. The van der Waals surface area contributed by atoms with E-state index in [1.54, 1.807) is 14.1 Å². The topological polar surface area (TPSA) is 72.8 Å². The molecule has 2 heterocycles. The van der Waals surface area contributed by atoms with Gasteiger partial charge in [0.05, 0.1) is 19.1 Å². The van der Waals surface area contributed by atoms with Crippen LogP contribution in [0.4, 0.5) is 0 Å². The van der Waals surface area contributed by atoms with E-state index in [9.17, 15) is 9.59 Å². The average molecular weight is 373 g/mol. The smallest absolute Gasteiger partial charge is 0.248 e. The highest BCUT2D eigenvalue weighted by atomic mass is 16.5. The van der Waals surface area contributed by atoms with E-state index in [1.165, 1.54) is 4.90 Å². The number of rotatable bonds is 6. The van der Waals surface area contributed by atoms with Crippen LogP contribution in [0.1, 0.15) is 12.0 Å². The fourth-order valence-electron chi connectivity index (χ4n) is 3.35. The number of hydrogen-bond donors (Lipinski definition) is 1. The molecule has 1 saturated heterocycles. The van der Waals surface area contributed by atoms with Gasteiger partial charge in [-0.3, -0.25) is 9.59 Å². The van der Waals surface area contributed by atoms with Crippen LogP contribution < -0.4 is 5.32 Å². The molecule has 1 fully saturated rings. The molecule has 1 aromatic heterocycles. The second-order valence-corrected chi connectivity index (χ2v) is 7.13. The number of likely N-dealkylation sites (N-methyl/N-ethyl adjacent to an activating group) is 1. The molecule has 2 atom stereocenters. The van der Waals surface area contributed by atoms with Crippen LogP contribution in [-0.4, -0.2) is 67.3 Å². The van der Waals surface area contributed by atoms with Crippen LogP contribution in [-0.2, 0) is 32.5 Å². The molecule has 0 radical (unpaired) electrons. The van der Waals surface area contributed by atoms with Crippen molar-refractivity contribution in [3.05, 3.63) is 36.0 Å². The van der Waals surface area contributed by atoms with Crippen LogP contribution in [0.25, 0.3) is 10.9 Å². The molecule has 27 heavy (non-hydrogen) atoms. The summed E-state index contributed by atoms with van der Waals surface area (Å²) in [5.41, 5.74) is 2.10. The van der Waals surface area contributed by atoms with Crippen molar-refractivity contribution in [2.75, 3.05) is 33.9 Å². The van der Waals surface area contributed by atoms with Gasteiger partial charge < -0.3 is 24.3 Å². The minimum atomic E-state index is -0.320. The first kappa shape index (κ1) is 19.4. The predicted octanol–water partition coefficient (Wildman–Crippen LogP) is 1.10. The van der Waals surface area contributed by atoms with E-state index in [-0.39, 0.29) is 30.6 Å². The molecule has 2 unspecified atom stereocenters. The van der Waals surface area contributed by atoms with Crippen LogP contribution >= 0.6 is 0 Å². The largest absolute Gasteiger partial charge is 0.379 e. The molecule has 7 heteroatoms. The minimum Gasteiger partial charge on any atom is -0.379 e. The monoisotopic (exact) mass is 373 g/mol. The highest BCUT2D eigenvalue weighted by Crippen LogP contribution is 2.21. The Morgan fingerprint density at radius 2 is 2.11 bits per heavy atom. The Morgan fingerprint density at radius 3 is 2.89 bits per heavy atom. The Bertz CT molecular complexity index is 815. The van der Waals surface area contributed by atoms with Crippen molar-refractivity contribution in [1.82, 2.24) is 14.8 Å². The molecule has 3 rings (SSSR count). The number of nitrogens with zero attached hydrogens (tertiary/aromatic N) is 2. The zero-order chi connectivity index (χ0) is 19.4. The molecular weight excluding hydrogens is 346 g/mol. The summed E-state index contributed by atoms with van der Waals surface area (Å²) in [6, 6.07) is 7.89. The maximum absolute atomic E-state index is 12.6. The third-order valence-corrected chi connectivity index (χ3v) is 4.90. The van der Waals surface area contributed by atoms with Gasteiger partial charge in [-0.05, 0) is 18.1 Å². The third-order valence-electron chi connectivity index (χ3n) is 4.90. The Kier molecular flexibility index (Phi) is 6.13. The highest BCUT2D eigenvalue weighted by Gasteiger charge is 2.29. The lowest BCUT2D eigenvalue weighted by Crippen LogP contribution is -2.51. The average Bonchev–Trinajstić information content (AvgIpc) is 2.96. The number of aryl methyl sites for hydroxylation is 1. The van der Waals surface area contributed by atoms with Gasteiger partial charge in [0.15, 0.2) is 0 Å². The first-order chi connectivity index (χ1) is 13.0. The van der Waals surface area contributed by atoms with E-state index in [0.29, 0.717) is 26.1 Å². The number of carbonyl (C=O) groups excluding carboxylic acids is 2. The van der Waals surface area contributed by atoms with E-state index in [0.717, 1.165) is 16.5 Å². The van der Waals surface area contributed by atoms with Gasteiger partial charge in [0.2, 0.25) is 11.8 Å². The zero-order valence-electron chi connectivity index (χ0n) is 16.1. The molecule has 1 aliphatic rings. The molecule has 2 amide bonds. The Labute approximate surface area is 159 Å². The van der Waals surface area contributed by atoms with E-state index in [2.05, 4.69) is 5.32 Å². The number of hydrogen-bond acceptors (Lipinski definition) is 4. The summed E-state index contributed by atoms with van der Waals surface area (Å²) < 4.78 is 13.2. The molecule has 0 bridgehead atoms. The van der Waals surface area contributed by atoms with Crippen LogP contribution in [0.2, 0.25) is 0 Å². The summed E-state index contributed by atoms with van der Waals surface area (Å²) in [6.07, 6.45) is 2.65. The minimum absolute atomic E-state index is 0.0171. The van der Waals surface area contributed by atoms with E-state index >= 15 is 0 Å². The predicted molar refractivity (Wildman–Crippen MR) is 102 cm³/mol. The molecule has 0 saturated carbocycles. The molecule has 2 aromatic rings. The van der Waals surface area contributed by atoms with E-state index < -0.39 is 0 Å². The number of fused-ring (bicyclic) bond motifs is 1. The summed E-state index contributed by atoms with van der Waals surface area (Å²) in [6.45, 7) is 0.928. The van der Waals surface area contributed by atoms with Crippen molar-refractivity contribution >= 4 is 22.7 Å². The lowest BCUT2D eigenvalue weighted by atomic mass is 10.0. The number of benzene rings is 1. The molecule has 0 spiro atoms. The van der Waals surface area contributed by atoms with Gasteiger partial charge in [-0.25, -0.2) is 0 Å². The molecular formula is C20H27N3O4. The Morgan fingerprint density at radius 1 is 1.33 bits per heavy atom. The SMILES string of the molecule is CN(C)C(=O)COC1COCCC1NC(=O)Cc1cn(C)c2ccccc12. The van der Waals surface area contributed by atoms with Gasteiger partial charge >= 0.3 is 0 Å². The first-order valence-electron chi connectivity index (χ1n) is 9.17. The molecule has 146 valence electrons. The van der Waals surface area contributed by atoms with Crippen LogP contribution in [0.3, 0.4) is 0 Å². The van der Waals surface area contributed by atoms with Gasteiger partial charge in [0, 0.05) is 44.8 Å². The molecule has 1 N–H and O–H groups in total. The van der Waals surface area contributed by atoms with Gasteiger partial charge in [0.25, 0.3) is 0 Å². The van der Waals surface area contributed by atoms with Gasteiger partial charge in [-0.1, -0.05) is 18.2 Å². The first-order valence-corrected chi connectivity index (χ1v) is 9.17. The van der Waals surface area contributed by atoms with Crippen molar-refractivity contribution in [1.29, 1.82) is 0 Å². The number of ether oxygens (including phenoxy) is 2. The van der Waals surface area contributed by atoms with Crippen molar-refractivity contribution in [3.63, 3.8) is 0 Å². The van der Waals surface area contributed by atoms with Crippen LogP contribution in [0.5, 0.6) is 0 Å². The summed E-state index contributed by atoms with van der Waals surface area (Å²) in [4.78, 5) is 25.9. The standard InChI is InChI=1S/C20H27N3O4/c1-22(2)20(25)13-27-18-12-26-9-8-16(18)21-19(24)10-14-11-23(3)17-7-5-4-6-15(14)17/h4-7,11,16,18H,8-10,12-13H2,1-3H3,(H,21,24). The van der Waals surface area contributed by atoms with Crippen LogP contribution in [0, 0.1) is 0 Å². The summed E-state index contributed by atoms with van der Waals surface area (Å²) in [7, 11) is 5.35. The van der Waals surface area contributed by atoms with Crippen molar-refractivity contribution < 1.29 is 19.1 Å². The molecule has 1 aliphatic heterocycles. The quantitative estimate of drug-likeness (QED) is 0.823. The lowest BCUT2D eigenvalue weighted by molar-refractivity contribution is -0.141. The van der Waals surface area contributed by atoms with Gasteiger partial charge in [0.1, 0.15) is 12.7 Å². The van der Waals surface area contributed by atoms with E-state index in [4.69, 9.17) is 9.47 Å². The van der Waals surface area contributed by atoms with Crippen molar-refractivity contribution in [2.24, 2.45) is 7.05 Å². The van der Waals surface area contributed by atoms with Gasteiger partial charge in [-0.15, -0.1) is 0 Å². The normalized spacial score (nSPS) is 19.8. The van der Waals surface area contributed by atoms with Crippen molar-refractivity contribution in [2.45, 2.75) is 25.0 Å². The number of amides is 2. The third kappa shape index (κ3) is 4.67. The highest BCUT2D eigenvalue weighted by molar-refractivity contribution is 5.89. The fraction of sp³-hybridized carbons (Fsp3) is 0.500. The number of nitrogens with one attached hydrogen (secondary N) is 1. The second kappa shape index (κ2) is 8.54. The lowest BCUT2D eigenvalue weighted by Gasteiger charge is -2.32. The number of aromatic nitrogens is 1. The summed E-state index contributed by atoms with van der Waals surface area (Å²) in [5, 5.41) is 4.16. The maximum atomic E-state index is 12.6. The summed E-state index contributed by atoms with van der Waals surface area (Å²) in [5.74, 6) is -0.160. The number of carbonyl (C=O) groups is 2. The fourth-order valence-corrected chi connectivity index (χ4v) is 3.35. The Hall–Kier alpha value is -2.38. The zero-order valence-corrected chi connectivity index (χ0v) is 16.1. The van der Waals surface area contributed by atoms with Crippen LogP contribution in [0.15, 0.2) is 30.5 Å². The van der Waals surface area contributed by atoms with Gasteiger partial charge in [-0.2, -0.15) is 0 Å². The second-order valence-electron chi connectivity index (χ2n) is 7.13. The number of para-hydroxylation sites is 1.